The highest BCUT2D eigenvalue weighted by Gasteiger charge is 2.28. The number of oxime groups is 1. The molecule has 2 rings (SSSR count). The highest BCUT2D eigenvalue weighted by atomic mass is 35.5. The number of hydrogen-bond donors (Lipinski definition) is 0. The van der Waals surface area contributed by atoms with E-state index in [0.717, 1.165) is 30.2 Å². The van der Waals surface area contributed by atoms with Crippen LogP contribution in [0, 0.1) is 6.92 Å². The lowest BCUT2D eigenvalue weighted by Crippen LogP contribution is -2.37. The van der Waals surface area contributed by atoms with E-state index in [2.05, 4.69) is 11.7 Å². The lowest BCUT2D eigenvalue weighted by Gasteiger charge is -2.22. The molecular weight excluding hydrogens is 436 g/mol. The molecule has 0 bridgehead atoms. The maximum absolute atomic E-state index is 12.2. The van der Waals surface area contributed by atoms with E-state index >= 15 is 0 Å². The van der Waals surface area contributed by atoms with Crippen LogP contribution in [0.3, 0.4) is 0 Å². The van der Waals surface area contributed by atoms with Gasteiger partial charge in [0.2, 0.25) is 0 Å². The summed E-state index contributed by atoms with van der Waals surface area (Å²) in [5, 5.41) is 4.35. The van der Waals surface area contributed by atoms with Gasteiger partial charge in [-0.05, 0) is 55.3 Å². The summed E-state index contributed by atoms with van der Waals surface area (Å²) in [5.74, 6) is 0.599. The van der Waals surface area contributed by atoms with Crippen molar-refractivity contribution >= 4 is 35.2 Å². The quantitative estimate of drug-likeness (QED) is 0.224. The number of methoxy groups -OCH3 is 2. The third-order valence-electron chi connectivity index (χ3n) is 4.41. The molecule has 2 amide bonds. The fourth-order valence-corrected chi connectivity index (χ4v) is 3.00. The summed E-state index contributed by atoms with van der Waals surface area (Å²) in [5.41, 5.74) is 3.06. The smallest absolute Gasteiger partial charge is 0.423 e. The van der Waals surface area contributed by atoms with Gasteiger partial charge in [-0.1, -0.05) is 35.5 Å². The average molecular weight is 461 g/mol. The van der Waals surface area contributed by atoms with Crippen molar-refractivity contribution in [3.8, 4) is 5.75 Å². The lowest BCUT2D eigenvalue weighted by molar-refractivity contribution is 0.159. The van der Waals surface area contributed by atoms with Crippen molar-refractivity contribution in [2.75, 3.05) is 25.7 Å². The summed E-state index contributed by atoms with van der Waals surface area (Å²) in [6.45, 7) is 7.62. The maximum Gasteiger partial charge on any atom is 0.423 e. The van der Waals surface area contributed by atoms with Gasteiger partial charge in [-0.15, -0.1) is 0 Å². The van der Waals surface area contributed by atoms with Crippen LogP contribution in [0.4, 0.5) is 15.3 Å². The van der Waals surface area contributed by atoms with Crippen molar-refractivity contribution < 1.29 is 28.6 Å². The average Bonchev–Trinajstić information content (AvgIpc) is 2.79. The summed E-state index contributed by atoms with van der Waals surface area (Å²) in [4.78, 5) is 30.3. The van der Waals surface area contributed by atoms with Crippen LogP contribution >= 0.6 is 11.6 Å². The Labute approximate surface area is 192 Å². The van der Waals surface area contributed by atoms with E-state index in [4.69, 9.17) is 30.6 Å². The van der Waals surface area contributed by atoms with E-state index in [-0.39, 0.29) is 12.3 Å². The van der Waals surface area contributed by atoms with Gasteiger partial charge in [-0.3, -0.25) is 0 Å². The second-order valence-electron chi connectivity index (χ2n) is 6.54. The van der Waals surface area contributed by atoms with Gasteiger partial charge >= 0.3 is 12.2 Å². The van der Waals surface area contributed by atoms with Crippen LogP contribution in [0.25, 0.3) is 0 Å². The topological polar surface area (TPSA) is 86.7 Å². The molecule has 0 atom stereocenters. The minimum Gasteiger partial charge on any atom is -0.488 e. The number of hydrogen-bond acceptors (Lipinski definition) is 7. The number of rotatable bonds is 8. The largest absolute Gasteiger partial charge is 0.488 e. The Morgan fingerprint density at radius 2 is 1.84 bits per heavy atom. The van der Waals surface area contributed by atoms with Gasteiger partial charge in [0, 0.05) is 10.6 Å². The summed E-state index contributed by atoms with van der Waals surface area (Å²) in [6.07, 6.45) is -0.201. The highest BCUT2D eigenvalue weighted by molar-refractivity contribution is 6.32. The zero-order valence-corrected chi connectivity index (χ0v) is 19.1. The van der Waals surface area contributed by atoms with Crippen LogP contribution in [0.5, 0.6) is 5.75 Å². The first kappa shape index (κ1) is 24.7. The predicted molar refractivity (Wildman–Crippen MR) is 123 cm³/mol. The maximum atomic E-state index is 12.2. The van der Waals surface area contributed by atoms with E-state index in [1.165, 1.54) is 0 Å². The van der Waals surface area contributed by atoms with Gasteiger partial charge in [0.25, 0.3) is 0 Å². The Morgan fingerprint density at radius 1 is 1.16 bits per heavy atom. The van der Waals surface area contributed by atoms with Crippen LogP contribution in [-0.4, -0.2) is 38.7 Å². The van der Waals surface area contributed by atoms with E-state index in [0.29, 0.717) is 28.7 Å². The van der Waals surface area contributed by atoms with Crippen molar-refractivity contribution in [2.24, 2.45) is 5.16 Å². The van der Waals surface area contributed by atoms with Crippen LogP contribution in [0.1, 0.15) is 23.6 Å². The molecule has 32 heavy (non-hydrogen) atoms. The van der Waals surface area contributed by atoms with Crippen molar-refractivity contribution in [1.29, 1.82) is 0 Å². The molecular formula is C23H25ClN2O6. The van der Waals surface area contributed by atoms with Crippen molar-refractivity contribution in [1.82, 2.24) is 0 Å². The summed E-state index contributed by atoms with van der Waals surface area (Å²) < 4.78 is 15.4. The molecule has 9 heteroatoms. The first-order valence-corrected chi connectivity index (χ1v) is 9.96. The standard InChI is InChI=1S/C23H25ClN2O6/c1-6-12-32-25-16(3)17-10-11-21(15(2)13-17)31-14-18-19(24)8-7-9-20(18)26(22(27)29-4)23(28)30-5/h6-11,13H,1,12,14H2,2-5H3/b25-16+. The summed E-state index contributed by atoms with van der Waals surface area (Å²) >= 11 is 6.35. The van der Waals surface area contributed by atoms with Crippen LogP contribution in [-0.2, 0) is 20.9 Å². The van der Waals surface area contributed by atoms with E-state index in [1.807, 2.05) is 26.0 Å². The Bertz CT molecular complexity index is 1010. The Hall–Kier alpha value is -3.52. The molecule has 0 heterocycles. The molecule has 0 fully saturated rings. The molecule has 8 nitrogen and oxygen atoms in total. The molecule has 0 aliphatic heterocycles. The van der Waals surface area contributed by atoms with Gasteiger partial charge in [0.1, 0.15) is 19.0 Å². The van der Waals surface area contributed by atoms with Crippen LogP contribution in [0.2, 0.25) is 5.02 Å². The molecule has 0 aromatic heterocycles. The molecule has 2 aromatic rings. The van der Waals surface area contributed by atoms with Crippen molar-refractivity contribution in [2.45, 2.75) is 20.5 Å². The number of halogens is 1. The number of ether oxygens (including phenoxy) is 3. The summed E-state index contributed by atoms with van der Waals surface area (Å²) in [7, 11) is 2.33. The van der Waals surface area contributed by atoms with Crippen LogP contribution in [0.15, 0.2) is 54.2 Å². The fourth-order valence-electron chi connectivity index (χ4n) is 2.78. The monoisotopic (exact) mass is 460 g/mol. The first-order chi connectivity index (χ1) is 15.3. The number of imide groups is 1. The van der Waals surface area contributed by atoms with E-state index < -0.39 is 12.2 Å². The SMILES string of the molecule is C=CCO/N=C(\C)c1ccc(OCc2c(Cl)cccc2N(C(=O)OC)C(=O)OC)c(C)c1. The van der Waals surface area contributed by atoms with Gasteiger partial charge in [0.15, 0.2) is 0 Å². The number of nitrogens with zero attached hydrogens (tertiary/aromatic N) is 2. The fraction of sp³-hybridized carbons (Fsp3) is 0.261. The lowest BCUT2D eigenvalue weighted by atomic mass is 10.1. The summed E-state index contributed by atoms with van der Waals surface area (Å²) in [6, 6.07) is 10.4. The third-order valence-corrected chi connectivity index (χ3v) is 4.76. The number of anilines is 1. The minimum atomic E-state index is -0.908. The number of carbonyl (C=O) groups is 2. The Balaban J connectivity index is 2.29. The highest BCUT2D eigenvalue weighted by Crippen LogP contribution is 2.31. The molecule has 0 aliphatic rings. The third kappa shape index (κ3) is 6.01. The van der Waals surface area contributed by atoms with E-state index in [1.54, 1.807) is 30.3 Å². The number of aryl methyl sites for hydroxylation is 1. The van der Waals surface area contributed by atoms with Gasteiger partial charge in [-0.2, -0.15) is 4.90 Å². The molecule has 0 aliphatic carbocycles. The van der Waals surface area contributed by atoms with Gasteiger partial charge < -0.3 is 19.0 Å². The molecule has 0 N–H and O–H groups in total. The van der Waals surface area contributed by atoms with Gasteiger partial charge in [0.05, 0.1) is 25.6 Å². The number of amides is 2. The number of benzene rings is 2. The van der Waals surface area contributed by atoms with Gasteiger partial charge in [-0.25, -0.2) is 9.59 Å². The first-order valence-electron chi connectivity index (χ1n) is 9.58. The molecule has 0 spiro atoms. The molecule has 0 unspecified atom stereocenters. The molecule has 170 valence electrons. The van der Waals surface area contributed by atoms with Crippen molar-refractivity contribution in [3.63, 3.8) is 0 Å². The van der Waals surface area contributed by atoms with Crippen molar-refractivity contribution in [3.05, 3.63) is 70.8 Å². The molecule has 0 saturated heterocycles. The Morgan fingerprint density at radius 3 is 2.44 bits per heavy atom. The second-order valence-corrected chi connectivity index (χ2v) is 6.95. The molecule has 2 aromatic carbocycles. The molecule has 0 radical (unpaired) electrons. The van der Waals surface area contributed by atoms with E-state index in [9.17, 15) is 9.59 Å². The van der Waals surface area contributed by atoms with Crippen LogP contribution < -0.4 is 9.64 Å². The zero-order chi connectivity index (χ0) is 23.7. The molecule has 0 saturated carbocycles. The second kappa shape index (κ2) is 11.8. The minimum absolute atomic E-state index is 0.00476. The Kier molecular flexibility index (Phi) is 9.09. The predicted octanol–water partition coefficient (Wildman–Crippen LogP) is 5.49. The number of carbonyl (C=O) groups excluding carboxylic acids is 2. The normalized spacial score (nSPS) is 10.8. The zero-order valence-electron chi connectivity index (χ0n) is 18.4.